The fourth-order valence-corrected chi connectivity index (χ4v) is 1.97. The van der Waals surface area contributed by atoms with Gasteiger partial charge < -0.3 is 10.5 Å². The molecule has 1 atom stereocenters. The molecule has 1 aromatic heterocycles. The standard InChI is InChI=1S/C15H18N2O/c1-3-18-13-7-4-6-12(10-13)15(16)14-8-5-9-17-11(14)2/h4-10,15H,3,16H2,1-2H3. The van der Waals surface area contributed by atoms with Crippen LogP contribution in [-0.4, -0.2) is 11.6 Å². The predicted octanol–water partition coefficient (Wildman–Crippen LogP) is 2.84. The predicted molar refractivity (Wildman–Crippen MR) is 72.6 cm³/mol. The van der Waals surface area contributed by atoms with Gasteiger partial charge in [0.25, 0.3) is 0 Å². The number of hydrogen-bond acceptors (Lipinski definition) is 3. The average molecular weight is 242 g/mol. The molecule has 3 nitrogen and oxygen atoms in total. The summed E-state index contributed by atoms with van der Waals surface area (Å²) in [5, 5.41) is 0. The molecule has 0 aliphatic rings. The summed E-state index contributed by atoms with van der Waals surface area (Å²) in [5.74, 6) is 0.854. The van der Waals surface area contributed by atoms with Crippen LogP contribution >= 0.6 is 0 Å². The number of benzene rings is 1. The molecule has 0 amide bonds. The molecule has 3 heteroatoms. The Morgan fingerprint density at radius 1 is 1.28 bits per heavy atom. The molecule has 18 heavy (non-hydrogen) atoms. The van der Waals surface area contributed by atoms with Gasteiger partial charge in [-0.25, -0.2) is 0 Å². The fourth-order valence-electron chi connectivity index (χ4n) is 1.97. The van der Waals surface area contributed by atoms with E-state index in [9.17, 15) is 0 Å². The summed E-state index contributed by atoms with van der Waals surface area (Å²) >= 11 is 0. The molecule has 2 rings (SSSR count). The first kappa shape index (κ1) is 12.6. The molecule has 2 aromatic rings. The molecule has 0 saturated carbocycles. The Morgan fingerprint density at radius 3 is 2.83 bits per heavy atom. The molecule has 0 saturated heterocycles. The lowest BCUT2D eigenvalue weighted by Gasteiger charge is -2.15. The topological polar surface area (TPSA) is 48.1 Å². The summed E-state index contributed by atoms with van der Waals surface area (Å²) in [6, 6.07) is 11.7. The lowest BCUT2D eigenvalue weighted by Crippen LogP contribution is -2.13. The average Bonchev–Trinajstić information content (AvgIpc) is 2.39. The van der Waals surface area contributed by atoms with Gasteiger partial charge in [-0.15, -0.1) is 0 Å². The molecule has 0 spiro atoms. The van der Waals surface area contributed by atoms with Crippen LogP contribution in [0.5, 0.6) is 5.75 Å². The van der Waals surface area contributed by atoms with Crippen molar-refractivity contribution >= 4 is 0 Å². The summed E-state index contributed by atoms with van der Waals surface area (Å²) < 4.78 is 5.49. The van der Waals surface area contributed by atoms with Gasteiger partial charge in [0.15, 0.2) is 0 Å². The third kappa shape index (κ3) is 2.68. The highest BCUT2D eigenvalue weighted by molar-refractivity contribution is 5.37. The van der Waals surface area contributed by atoms with Crippen molar-refractivity contribution in [2.45, 2.75) is 19.9 Å². The van der Waals surface area contributed by atoms with Crippen molar-refractivity contribution in [3.8, 4) is 5.75 Å². The van der Waals surface area contributed by atoms with Crippen LogP contribution in [0.2, 0.25) is 0 Å². The SMILES string of the molecule is CCOc1cccc(C(N)c2cccnc2C)c1. The molecular formula is C15H18N2O. The van der Waals surface area contributed by atoms with Crippen molar-refractivity contribution in [3.63, 3.8) is 0 Å². The maximum atomic E-state index is 6.29. The Morgan fingerprint density at radius 2 is 2.11 bits per heavy atom. The lowest BCUT2D eigenvalue weighted by atomic mass is 9.98. The Labute approximate surface area is 108 Å². The second kappa shape index (κ2) is 5.65. The Balaban J connectivity index is 2.31. The second-order valence-electron chi connectivity index (χ2n) is 4.16. The molecule has 0 aliphatic heterocycles. The number of hydrogen-bond donors (Lipinski definition) is 1. The van der Waals surface area contributed by atoms with Crippen molar-refractivity contribution in [2.24, 2.45) is 5.73 Å². The minimum Gasteiger partial charge on any atom is -0.494 e. The van der Waals surface area contributed by atoms with E-state index < -0.39 is 0 Å². The van der Waals surface area contributed by atoms with Crippen molar-refractivity contribution in [2.75, 3.05) is 6.61 Å². The summed E-state index contributed by atoms with van der Waals surface area (Å²) in [6.45, 7) is 4.60. The van der Waals surface area contributed by atoms with Gasteiger partial charge >= 0.3 is 0 Å². The van der Waals surface area contributed by atoms with Crippen LogP contribution in [0.3, 0.4) is 0 Å². The maximum Gasteiger partial charge on any atom is 0.119 e. The molecule has 0 fully saturated rings. The lowest BCUT2D eigenvalue weighted by molar-refractivity contribution is 0.340. The van der Waals surface area contributed by atoms with Gasteiger partial charge in [-0.3, -0.25) is 4.98 Å². The van der Waals surface area contributed by atoms with Gasteiger partial charge in [0.05, 0.1) is 12.6 Å². The zero-order chi connectivity index (χ0) is 13.0. The van der Waals surface area contributed by atoms with Gasteiger partial charge in [-0.05, 0) is 43.2 Å². The molecule has 1 heterocycles. The van der Waals surface area contributed by atoms with Crippen LogP contribution in [0.25, 0.3) is 0 Å². The first-order chi connectivity index (χ1) is 8.72. The van der Waals surface area contributed by atoms with Crippen LogP contribution in [-0.2, 0) is 0 Å². The summed E-state index contributed by atoms with van der Waals surface area (Å²) in [5.41, 5.74) is 9.34. The van der Waals surface area contributed by atoms with E-state index in [2.05, 4.69) is 4.98 Å². The normalized spacial score (nSPS) is 12.2. The minimum atomic E-state index is -0.167. The number of pyridine rings is 1. The fraction of sp³-hybridized carbons (Fsp3) is 0.267. The van der Waals surface area contributed by atoms with Crippen LogP contribution in [0.4, 0.5) is 0 Å². The van der Waals surface area contributed by atoms with E-state index in [0.717, 1.165) is 22.6 Å². The highest BCUT2D eigenvalue weighted by atomic mass is 16.5. The third-order valence-corrected chi connectivity index (χ3v) is 2.91. The van der Waals surface area contributed by atoms with E-state index in [-0.39, 0.29) is 6.04 Å². The maximum absolute atomic E-state index is 6.29. The zero-order valence-electron chi connectivity index (χ0n) is 10.8. The number of nitrogens with zero attached hydrogens (tertiary/aromatic N) is 1. The molecular weight excluding hydrogens is 224 g/mol. The van der Waals surface area contributed by atoms with Crippen LogP contribution < -0.4 is 10.5 Å². The molecule has 0 aliphatic carbocycles. The number of aryl methyl sites for hydroxylation is 1. The van der Waals surface area contributed by atoms with Crippen LogP contribution in [0.1, 0.15) is 29.8 Å². The summed E-state index contributed by atoms with van der Waals surface area (Å²) in [4.78, 5) is 4.27. The van der Waals surface area contributed by atoms with Crippen LogP contribution in [0, 0.1) is 6.92 Å². The number of nitrogens with two attached hydrogens (primary N) is 1. The zero-order valence-corrected chi connectivity index (χ0v) is 10.8. The molecule has 2 N–H and O–H groups in total. The summed E-state index contributed by atoms with van der Waals surface area (Å²) in [7, 11) is 0. The Hall–Kier alpha value is -1.87. The molecule has 1 aromatic carbocycles. The third-order valence-electron chi connectivity index (χ3n) is 2.91. The van der Waals surface area contributed by atoms with Crippen LogP contribution in [0.15, 0.2) is 42.6 Å². The number of aromatic nitrogens is 1. The number of ether oxygens (including phenoxy) is 1. The van der Waals surface area contributed by atoms with E-state index in [1.807, 2.05) is 50.2 Å². The highest BCUT2D eigenvalue weighted by Gasteiger charge is 2.12. The largest absolute Gasteiger partial charge is 0.494 e. The minimum absolute atomic E-state index is 0.167. The van der Waals surface area contributed by atoms with Gasteiger partial charge in [0.2, 0.25) is 0 Å². The Kier molecular flexibility index (Phi) is 3.95. The van der Waals surface area contributed by atoms with Crippen molar-refractivity contribution in [3.05, 3.63) is 59.4 Å². The quantitative estimate of drug-likeness (QED) is 0.896. The van der Waals surface area contributed by atoms with E-state index >= 15 is 0 Å². The van der Waals surface area contributed by atoms with Gasteiger partial charge in [-0.2, -0.15) is 0 Å². The highest BCUT2D eigenvalue weighted by Crippen LogP contribution is 2.24. The van der Waals surface area contributed by atoms with Gasteiger partial charge in [0, 0.05) is 11.9 Å². The van der Waals surface area contributed by atoms with E-state index in [1.165, 1.54) is 0 Å². The summed E-state index contributed by atoms with van der Waals surface area (Å²) in [6.07, 6.45) is 1.78. The van der Waals surface area contributed by atoms with Gasteiger partial charge in [0.1, 0.15) is 5.75 Å². The molecule has 0 radical (unpaired) electrons. The molecule has 1 unspecified atom stereocenters. The first-order valence-electron chi connectivity index (χ1n) is 6.12. The smallest absolute Gasteiger partial charge is 0.119 e. The molecule has 94 valence electrons. The number of rotatable bonds is 4. The van der Waals surface area contributed by atoms with Crippen molar-refractivity contribution < 1.29 is 4.74 Å². The van der Waals surface area contributed by atoms with Crippen molar-refractivity contribution in [1.29, 1.82) is 0 Å². The second-order valence-corrected chi connectivity index (χ2v) is 4.16. The molecule has 0 bridgehead atoms. The first-order valence-corrected chi connectivity index (χ1v) is 6.12. The van der Waals surface area contributed by atoms with E-state index in [4.69, 9.17) is 10.5 Å². The van der Waals surface area contributed by atoms with E-state index in [0.29, 0.717) is 6.61 Å². The van der Waals surface area contributed by atoms with Gasteiger partial charge in [-0.1, -0.05) is 18.2 Å². The van der Waals surface area contributed by atoms with E-state index in [1.54, 1.807) is 6.20 Å². The monoisotopic (exact) mass is 242 g/mol. The van der Waals surface area contributed by atoms with Crippen molar-refractivity contribution in [1.82, 2.24) is 4.98 Å². The Bertz CT molecular complexity index is 525.